The maximum absolute atomic E-state index is 9.89. The highest BCUT2D eigenvalue weighted by atomic mass is 16.1. The van der Waals surface area contributed by atoms with Crippen LogP contribution in [-0.4, -0.2) is 26.2 Å². The Morgan fingerprint density at radius 2 is 2.09 bits per heavy atom. The number of benzene rings is 1. The topological polar surface area (TPSA) is 91.5 Å². The molecule has 5 N–H and O–H groups in total. The van der Waals surface area contributed by atoms with Gasteiger partial charge in [0.2, 0.25) is 6.08 Å². The number of nitrogen functional groups attached to an aromatic ring is 1. The molecule has 0 aliphatic carbocycles. The maximum Gasteiger partial charge on any atom is 0.234 e. The van der Waals surface area contributed by atoms with Crippen molar-refractivity contribution in [2.24, 2.45) is 4.99 Å². The number of nitrogens with one attached hydrogen (secondary N) is 3. The van der Waals surface area contributed by atoms with Crippen molar-refractivity contribution in [3.8, 4) is 0 Å². The number of rotatable bonds is 11. The highest BCUT2D eigenvalue weighted by molar-refractivity contribution is 5.72. The van der Waals surface area contributed by atoms with Gasteiger partial charge in [0.05, 0.1) is 23.7 Å². The molecule has 0 saturated carbocycles. The lowest BCUT2D eigenvalue weighted by atomic mass is 10.2. The van der Waals surface area contributed by atoms with E-state index in [-0.39, 0.29) is 0 Å². The van der Waals surface area contributed by atoms with Gasteiger partial charge in [-0.1, -0.05) is 19.4 Å². The third-order valence-electron chi connectivity index (χ3n) is 3.23. The van der Waals surface area contributed by atoms with Gasteiger partial charge in [0, 0.05) is 19.3 Å². The van der Waals surface area contributed by atoms with Crippen molar-refractivity contribution in [3.05, 3.63) is 30.6 Å². The van der Waals surface area contributed by atoms with Crippen molar-refractivity contribution in [3.63, 3.8) is 0 Å². The van der Waals surface area contributed by atoms with Crippen molar-refractivity contribution in [1.29, 1.82) is 0 Å². The molecule has 0 aliphatic rings. The van der Waals surface area contributed by atoms with Gasteiger partial charge in [0.25, 0.3) is 0 Å². The molecular weight excluding hydrogens is 278 g/mol. The number of hydrogen-bond donors (Lipinski definition) is 4. The minimum absolute atomic E-state index is 0.576. The maximum atomic E-state index is 9.89. The standard InChI is InChI=1S/C16H25N5O/c1-13(20-10-6-4-3-5-9-19-12-22)21-16-8-7-14(18-2)11-15(16)17/h7-8,11,18,20-21H,1,3-6,9-10,17H2,2H3. The van der Waals surface area contributed by atoms with E-state index in [4.69, 9.17) is 5.73 Å². The van der Waals surface area contributed by atoms with E-state index in [1.807, 2.05) is 25.2 Å². The van der Waals surface area contributed by atoms with E-state index >= 15 is 0 Å². The first-order valence-corrected chi connectivity index (χ1v) is 7.48. The van der Waals surface area contributed by atoms with E-state index in [1.165, 1.54) is 0 Å². The Morgan fingerprint density at radius 3 is 2.77 bits per heavy atom. The fraction of sp³-hybridized carbons (Fsp3) is 0.438. The molecule has 0 radical (unpaired) electrons. The Kier molecular flexibility index (Phi) is 8.23. The van der Waals surface area contributed by atoms with Crippen LogP contribution in [0.15, 0.2) is 35.6 Å². The molecule has 1 aromatic rings. The molecule has 0 bridgehead atoms. The van der Waals surface area contributed by atoms with Gasteiger partial charge in [-0.05, 0) is 31.0 Å². The summed E-state index contributed by atoms with van der Waals surface area (Å²) in [7, 11) is 1.85. The van der Waals surface area contributed by atoms with Gasteiger partial charge in [0.1, 0.15) is 0 Å². The highest BCUT2D eigenvalue weighted by Gasteiger charge is 2.01. The Hall–Kier alpha value is -2.46. The number of carbonyl (C=O) groups excluding carboxylic acids is 1. The van der Waals surface area contributed by atoms with E-state index in [0.29, 0.717) is 12.2 Å². The SMILES string of the molecule is C=C(NCCCCCCN=C=O)Nc1ccc(NC)cc1N. The number of aliphatic imine (C=N–C) groups is 1. The molecule has 0 heterocycles. The molecule has 0 amide bonds. The van der Waals surface area contributed by atoms with E-state index in [2.05, 4.69) is 27.5 Å². The highest BCUT2D eigenvalue weighted by Crippen LogP contribution is 2.23. The lowest BCUT2D eigenvalue weighted by Gasteiger charge is -2.14. The summed E-state index contributed by atoms with van der Waals surface area (Å²) in [5.41, 5.74) is 8.45. The van der Waals surface area contributed by atoms with E-state index in [1.54, 1.807) is 6.08 Å². The smallest absolute Gasteiger partial charge is 0.234 e. The summed E-state index contributed by atoms with van der Waals surface area (Å²) in [6, 6.07) is 5.74. The van der Waals surface area contributed by atoms with Gasteiger partial charge in [-0.3, -0.25) is 0 Å². The molecule has 6 heteroatoms. The second-order valence-corrected chi connectivity index (χ2v) is 4.97. The van der Waals surface area contributed by atoms with Crippen LogP contribution in [0.25, 0.3) is 0 Å². The lowest BCUT2D eigenvalue weighted by Crippen LogP contribution is -2.20. The molecule has 1 aromatic carbocycles. The summed E-state index contributed by atoms with van der Waals surface area (Å²) in [6.45, 7) is 5.36. The predicted octanol–water partition coefficient (Wildman–Crippen LogP) is 2.68. The van der Waals surface area contributed by atoms with Crippen LogP contribution < -0.4 is 21.7 Å². The second kappa shape index (κ2) is 10.3. The van der Waals surface area contributed by atoms with Crippen molar-refractivity contribution in [2.75, 3.05) is 36.5 Å². The summed E-state index contributed by atoms with van der Waals surface area (Å²) >= 11 is 0. The van der Waals surface area contributed by atoms with Crippen LogP contribution in [0.4, 0.5) is 17.1 Å². The summed E-state index contributed by atoms with van der Waals surface area (Å²) in [4.78, 5) is 13.4. The predicted molar refractivity (Wildman–Crippen MR) is 92.6 cm³/mol. The van der Waals surface area contributed by atoms with Crippen LogP contribution in [0.5, 0.6) is 0 Å². The van der Waals surface area contributed by atoms with Gasteiger partial charge in [-0.25, -0.2) is 9.79 Å². The second-order valence-electron chi connectivity index (χ2n) is 4.97. The third kappa shape index (κ3) is 6.81. The number of unbranched alkanes of at least 4 members (excludes halogenated alkanes) is 3. The molecule has 0 spiro atoms. The van der Waals surface area contributed by atoms with Crippen LogP contribution >= 0.6 is 0 Å². The normalized spacial score (nSPS) is 9.68. The fourth-order valence-corrected chi connectivity index (χ4v) is 1.99. The first-order chi connectivity index (χ1) is 10.7. The van der Waals surface area contributed by atoms with Gasteiger partial charge in [-0.15, -0.1) is 0 Å². The minimum Gasteiger partial charge on any atom is -0.397 e. The summed E-state index contributed by atoms with van der Waals surface area (Å²) < 4.78 is 0. The van der Waals surface area contributed by atoms with Gasteiger partial charge in [0.15, 0.2) is 0 Å². The van der Waals surface area contributed by atoms with Crippen LogP contribution in [0.2, 0.25) is 0 Å². The van der Waals surface area contributed by atoms with Crippen molar-refractivity contribution in [1.82, 2.24) is 5.32 Å². The molecule has 0 aromatic heterocycles. The first-order valence-electron chi connectivity index (χ1n) is 7.48. The zero-order valence-electron chi connectivity index (χ0n) is 13.1. The molecule has 22 heavy (non-hydrogen) atoms. The molecule has 6 nitrogen and oxygen atoms in total. The molecule has 0 atom stereocenters. The van der Waals surface area contributed by atoms with Gasteiger partial charge in [-0.2, -0.15) is 0 Å². The van der Waals surface area contributed by atoms with Crippen molar-refractivity contribution in [2.45, 2.75) is 25.7 Å². The zero-order chi connectivity index (χ0) is 16.2. The molecule has 0 fully saturated rings. The summed E-state index contributed by atoms with van der Waals surface area (Å²) in [5, 5.41) is 9.43. The molecular formula is C16H25N5O. The average molecular weight is 303 g/mol. The largest absolute Gasteiger partial charge is 0.397 e. The number of isocyanates is 1. The number of anilines is 3. The number of nitrogens with zero attached hydrogens (tertiary/aromatic N) is 1. The van der Waals surface area contributed by atoms with Crippen LogP contribution in [-0.2, 0) is 4.79 Å². The average Bonchev–Trinajstić information content (AvgIpc) is 2.52. The molecule has 1 rings (SSSR count). The van der Waals surface area contributed by atoms with Crippen LogP contribution in [0.3, 0.4) is 0 Å². The van der Waals surface area contributed by atoms with Crippen molar-refractivity contribution >= 4 is 23.1 Å². The molecule has 120 valence electrons. The fourth-order valence-electron chi connectivity index (χ4n) is 1.99. The summed E-state index contributed by atoms with van der Waals surface area (Å²) in [5.74, 6) is 0.731. The molecule has 0 aliphatic heterocycles. The quantitative estimate of drug-likeness (QED) is 0.218. The van der Waals surface area contributed by atoms with E-state index in [9.17, 15) is 4.79 Å². The number of hydrogen-bond acceptors (Lipinski definition) is 6. The van der Waals surface area contributed by atoms with E-state index < -0.39 is 0 Å². The lowest BCUT2D eigenvalue weighted by molar-refractivity contribution is 0.560. The Balaban J connectivity index is 2.19. The van der Waals surface area contributed by atoms with Crippen LogP contribution in [0.1, 0.15) is 25.7 Å². The van der Waals surface area contributed by atoms with Gasteiger partial charge < -0.3 is 21.7 Å². The van der Waals surface area contributed by atoms with E-state index in [0.717, 1.165) is 49.4 Å². The third-order valence-corrected chi connectivity index (χ3v) is 3.23. The summed E-state index contributed by atoms with van der Waals surface area (Å²) in [6.07, 6.45) is 5.67. The first kappa shape index (κ1) is 17.6. The Labute approximate surface area is 131 Å². The van der Waals surface area contributed by atoms with Crippen LogP contribution in [0, 0.1) is 0 Å². The number of nitrogens with two attached hydrogens (primary N) is 1. The van der Waals surface area contributed by atoms with Crippen molar-refractivity contribution < 1.29 is 4.79 Å². The molecule has 0 saturated heterocycles. The monoisotopic (exact) mass is 303 g/mol. The molecule has 0 unspecified atom stereocenters. The Morgan fingerprint density at radius 1 is 1.32 bits per heavy atom. The van der Waals surface area contributed by atoms with Gasteiger partial charge >= 0.3 is 0 Å². The zero-order valence-corrected chi connectivity index (χ0v) is 13.1. The minimum atomic E-state index is 0.576. The Bertz CT molecular complexity index is 523.